The van der Waals surface area contributed by atoms with Gasteiger partial charge in [0.2, 0.25) is 0 Å². The molecule has 0 amide bonds. The molecule has 1 atom stereocenters. The summed E-state index contributed by atoms with van der Waals surface area (Å²) in [6.07, 6.45) is 3.50. The Hall–Kier alpha value is -1.07. The molecular weight excluding hydrogens is 240 g/mol. The first-order chi connectivity index (χ1) is 8.10. The third-order valence-electron chi connectivity index (χ3n) is 2.46. The van der Waals surface area contributed by atoms with E-state index in [4.69, 9.17) is 17.3 Å². The van der Waals surface area contributed by atoms with E-state index in [-0.39, 0.29) is 16.6 Å². The second kappa shape index (κ2) is 6.61. The molecule has 0 saturated carbocycles. The van der Waals surface area contributed by atoms with Gasteiger partial charge in [-0.3, -0.25) is 4.79 Å². The summed E-state index contributed by atoms with van der Waals surface area (Å²) in [7, 11) is 0. The molecule has 0 aliphatic heterocycles. The van der Waals surface area contributed by atoms with Crippen molar-refractivity contribution in [2.24, 2.45) is 5.73 Å². The molecule has 0 fully saturated rings. The summed E-state index contributed by atoms with van der Waals surface area (Å²) in [5.74, 6) is 0. The maximum atomic E-state index is 11.9. The van der Waals surface area contributed by atoms with Crippen molar-refractivity contribution < 1.29 is 0 Å². The van der Waals surface area contributed by atoms with Crippen LogP contribution in [0.15, 0.2) is 11.0 Å². The molecule has 0 spiro atoms. The van der Waals surface area contributed by atoms with Crippen LogP contribution in [0.3, 0.4) is 0 Å². The van der Waals surface area contributed by atoms with Crippen molar-refractivity contribution >= 4 is 17.3 Å². The first-order valence-corrected chi connectivity index (χ1v) is 6.20. The van der Waals surface area contributed by atoms with Crippen molar-refractivity contribution in [3.05, 3.63) is 21.6 Å². The zero-order valence-corrected chi connectivity index (χ0v) is 11.0. The number of hydrogen-bond acceptors (Lipinski definition) is 4. The van der Waals surface area contributed by atoms with E-state index < -0.39 is 0 Å². The van der Waals surface area contributed by atoms with E-state index in [0.29, 0.717) is 18.8 Å². The van der Waals surface area contributed by atoms with E-state index in [1.165, 1.54) is 4.68 Å². The smallest absolute Gasteiger partial charge is 0.287 e. The van der Waals surface area contributed by atoms with Gasteiger partial charge >= 0.3 is 0 Å². The molecule has 3 N–H and O–H groups in total. The summed E-state index contributed by atoms with van der Waals surface area (Å²) in [5.41, 5.74) is 5.78. The van der Waals surface area contributed by atoms with Crippen LogP contribution >= 0.6 is 11.6 Å². The fourth-order valence-corrected chi connectivity index (χ4v) is 1.56. The number of aromatic nitrogens is 2. The fourth-order valence-electron chi connectivity index (χ4n) is 1.36. The van der Waals surface area contributed by atoms with Gasteiger partial charge in [0.05, 0.1) is 11.9 Å². The number of nitrogens with one attached hydrogen (secondary N) is 1. The molecule has 0 saturated heterocycles. The van der Waals surface area contributed by atoms with Gasteiger partial charge in [-0.15, -0.1) is 0 Å². The average molecular weight is 259 g/mol. The van der Waals surface area contributed by atoms with Crippen molar-refractivity contribution in [3.63, 3.8) is 0 Å². The van der Waals surface area contributed by atoms with Crippen LogP contribution in [0.5, 0.6) is 0 Å². The zero-order valence-electron chi connectivity index (χ0n) is 10.2. The van der Waals surface area contributed by atoms with Gasteiger partial charge in [-0.2, -0.15) is 5.10 Å². The SMILES string of the molecule is CCCCn1ncc(NC(C)CN)c(Cl)c1=O. The van der Waals surface area contributed by atoms with E-state index in [2.05, 4.69) is 17.3 Å². The van der Waals surface area contributed by atoms with Gasteiger partial charge in [-0.05, 0) is 13.3 Å². The highest BCUT2D eigenvalue weighted by Crippen LogP contribution is 2.16. The molecule has 96 valence electrons. The minimum Gasteiger partial charge on any atom is -0.379 e. The number of anilines is 1. The van der Waals surface area contributed by atoms with Crippen LogP contribution in [0.2, 0.25) is 5.02 Å². The van der Waals surface area contributed by atoms with Crippen molar-refractivity contribution in [3.8, 4) is 0 Å². The first-order valence-electron chi connectivity index (χ1n) is 5.82. The van der Waals surface area contributed by atoms with Gasteiger partial charge in [-0.25, -0.2) is 4.68 Å². The van der Waals surface area contributed by atoms with E-state index in [1.807, 2.05) is 6.92 Å². The summed E-state index contributed by atoms with van der Waals surface area (Å²) in [4.78, 5) is 11.9. The lowest BCUT2D eigenvalue weighted by Crippen LogP contribution is -2.29. The predicted molar refractivity (Wildman–Crippen MR) is 70.6 cm³/mol. The van der Waals surface area contributed by atoms with Crippen molar-refractivity contribution in [2.75, 3.05) is 11.9 Å². The monoisotopic (exact) mass is 258 g/mol. The quantitative estimate of drug-likeness (QED) is 0.810. The molecule has 1 heterocycles. The van der Waals surface area contributed by atoms with Gasteiger partial charge < -0.3 is 11.1 Å². The minimum absolute atomic E-state index is 0.0557. The molecule has 1 unspecified atom stereocenters. The number of rotatable bonds is 6. The summed E-state index contributed by atoms with van der Waals surface area (Å²) in [6.45, 7) is 5.04. The molecule has 1 rings (SSSR count). The number of unbranched alkanes of at least 4 members (excludes halogenated alkanes) is 1. The molecule has 17 heavy (non-hydrogen) atoms. The molecule has 0 bridgehead atoms. The maximum absolute atomic E-state index is 11.9. The van der Waals surface area contributed by atoms with Crippen LogP contribution in [0, 0.1) is 0 Å². The Morgan fingerprint density at radius 3 is 2.94 bits per heavy atom. The summed E-state index contributed by atoms with van der Waals surface area (Å²) < 4.78 is 1.39. The van der Waals surface area contributed by atoms with Crippen LogP contribution in [0.4, 0.5) is 5.69 Å². The zero-order chi connectivity index (χ0) is 12.8. The molecule has 0 aliphatic carbocycles. The lowest BCUT2D eigenvalue weighted by Gasteiger charge is -2.14. The molecule has 1 aromatic heterocycles. The van der Waals surface area contributed by atoms with Crippen LogP contribution in [-0.4, -0.2) is 22.4 Å². The van der Waals surface area contributed by atoms with E-state index in [9.17, 15) is 4.79 Å². The third kappa shape index (κ3) is 3.71. The largest absolute Gasteiger partial charge is 0.379 e. The molecule has 6 heteroatoms. The molecule has 1 aromatic rings. The van der Waals surface area contributed by atoms with Crippen LogP contribution < -0.4 is 16.6 Å². The summed E-state index contributed by atoms with van der Waals surface area (Å²) >= 11 is 6.00. The highest BCUT2D eigenvalue weighted by atomic mass is 35.5. The predicted octanol–water partition coefficient (Wildman–Crippen LogP) is 1.46. The van der Waals surface area contributed by atoms with Gasteiger partial charge in [-0.1, -0.05) is 24.9 Å². The van der Waals surface area contributed by atoms with Gasteiger partial charge in [0.15, 0.2) is 0 Å². The Kier molecular flexibility index (Phi) is 5.44. The van der Waals surface area contributed by atoms with E-state index in [0.717, 1.165) is 12.8 Å². The lowest BCUT2D eigenvalue weighted by atomic mass is 10.3. The van der Waals surface area contributed by atoms with Crippen molar-refractivity contribution in [2.45, 2.75) is 39.3 Å². The van der Waals surface area contributed by atoms with Crippen LogP contribution in [0.25, 0.3) is 0 Å². The number of halogens is 1. The fraction of sp³-hybridized carbons (Fsp3) is 0.636. The number of hydrogen-bond donors (Lipinski definition) is 2. The van der Waals surface area contributed by atoms with E-state index >= 15 is 0 Å². The maximum Gasteiger partial charge on any atom is 0.287 e. The Balaban J connectivity index is 2.90. The van der Waals surface area contributed by atoms with Gasteiger partial charge in [0, 0.05) is 19.1 Å². The number of nitrogens with zero attached hydrogens (tertiary/aromatic N) is 2. The van der Waals surface area contributed by atoms with Crippen molar-refractivity contribution in [1.29, 1.82) is 0 Å². The molecular formula is C11H19ClN4O. The first kappa shape index (κ1) is 14.0. The highest BCUT2D eigenvalue weighted by Gasteiger charge is 2.10. The topological polar surface area (TPSA) is 72.9 Å². The second-order valence-electron chi connectivity index (χ2n) is 4.04. The molecule has 0 aliphatic rings. The Morgan fingerprint density at radius 2 is 2.35 bits per heavy atom. The highest BCUT2D eigenvalue weighted by molar-refractivity contribution is 6.32. The number of aryl methyl sites for hydroxylation is 1. The van der Waals surface area contributed by atoms with Gasteiger partial charge in [0.1, 0.15) is 5.02 Å². The van der Waals surface area contributed by atoms with Crippen LogP contribution in [-0.2, 0) is 6.54 Å². The molecule has 0 aromatic carbocycles. The Labute approximate surface area is 106 Å². The van der Waals surface area contributed by atoms with Crippen LogP contribution in [0.1, 0.15) is 26.7 Å². The van der Waals surface area contributed by atoms with Gasteiger partial charge in [0.25, 0.3) is 5.56 Å². The number of nitrogens with two attached hydrogens (primary N) is 1. The molecule has 5 nitrogen and oxygen atoms in total. The normalized spacial score (nSPS) is 12.5. The Morgan fingerprint density at radius 1 is 1.65 bits per heavy atom. The van der Waals surface area contributed by atoms with Crippen molar-refractivity contribution in [1.82, 2.24) is 9.78 Å². The second-order valence-corrected chi connectivity index (χ2v) is 4.41. The molecule has 0 radical (unpaired) electrons. The standard InChI is InChI=1S/C11H19ClN4O/c1-3-4-5-16-11(17)10(12)9(7-14-16)15-8(2)6-13/h7-8,15H,3-6,13H2,1-2H3. The minimum atomic E-state index is -0.255. The van der Waals surface area contributed by atoms with E-state index in [1.54, 1.807) is 6.20 Å². The summed E-state index contributed by atoms with van der Waals surface area (Å²) in [5, 5.41) is 7.31. The third-order valence-corrected chi connectivity index (χ3v) is 2.83. The Bertz CT molecular complexity index is 418. The summed E-state index contributed by atoms with van der Waals surface area (Å²) in [6, 6.07) is 0.0557. The average Bonchev–Trinajstić information content (AvgIpc) is 2.34. The lowest BCUT2D eigenvalue weighted by molar-refractivity contribution is 0.543.